The molecule has 0 bridgehead atoms. The predicted molar refractivity (Wildman–Crippen MR) is 75.4 cm³/mol. The van der Waals surface area contributed by atoms with E-state index in [-0.39, 0.29) is 17.7 Å². The topological polar surface area (TPSA) is 78.9 Å². The third kappa shape index (κ3) is 3.98. The Bertz CT molecular complexity index is 477. The number of nitrogens with two attached hydrogens (primary N) is 1. The minimum Gasteiger partial charge on any atom is -0.409 e. The first-order valence-electron chi connectivity index (χ1n) is 6.16. The average Bonchev–Trinajstić information content (AvgIpc) is 2.35. The lowest BCUT2D eigenvalue weighted by Crippen LogP contribution is -2.36. The van der Waals surface area contributed by atoms with E-state index in [9.17, 15) is 4.79 Å². The van der Waals surface area contributed by atoms with Crippen molar-refractivity contribution in [3.8, 4) is 0 Å². The number of nitrogens with zero attached hydrogens (tertiary/aromatic N) is 2. The van der Waals surface area contributed by atoms with Crippen molar-refractivity contribution < 1.29 is 10.0 Å². The molecule has 1 atom stereocenters. The van der Waals surface area contributed by atoms with Crippen LogP contribution in [0.4, 0.5) is 0 Å². The molecule has 0 aliphatic rings. The summed E-state index contributed by atoms with van der Waals surface area (Å²) in [5, 5.41) is 11.6. The summed E-state index contributed by atoms with van der Waals surface area (Å²) < 4.78 is 0. The molecule has 0 aliphatic heterocycles. The number of amides is 1. The molecule has 19 heavy (non-hydrogen) atoms. The molecule has 0 heterocycles. The number of hydrogen-bond acceptors (Lipinski definition) is 3. The van der Waals surface area contributed by atoms with Crippen LogP contribution in [0.1, 0.15) is 28.4 Å². The van der Waals surface area contributed by atoms with Crippen LogP contribution in [0, 0.1) is 19.8 Å². The number of carbonyl (C=O) groups excluding carboxylic acids is 1. The van der Waals surface area contributed by atoms with Crippen molar-refractivity contribution >= 4 is 11.7 Å². The highest BCUT2D eigenvalue weighted by Crippen LogP contribution is 2.12. The molecule has 5 nitrogen and oxygen atoms in total. The molecule has 1 unspecified atom stereocenters. The summed E-state index contributed by atoms with van der Waals surface area (Å²) in [5.41, 5.74) is 8.29. The number of rotatable bonds is 4. The SMILES string of the molecule is Cc1cc(C)cc(C(=O)N(C)CC(C)C(N)=NO)c1. The van der Waals surface area contributed by atoms with Crippen LogP contribution in [0.2, 0.25) is 0 Å². The monoisotopic (exact) mass is 263 g/mol. The largest absolute Gasteiger partial charge is 0.409 e. The Hall–Kier alpha value is -2.04. The highest BCUT2D eigenvalue weighted by Gasteiger charge is 2.17. The number of carbonyl (C=O) groups is 1. The smallest absolute Gasteiger partial charge is 0.253 e. The van der Waals surface area contributed by atoms with Crippen molar-refractivity contribution in [3.05, 3.63) is 34.9 Å². The zero-order valence-electron chi connectivity index (χ0n) is 11.8. The Morgan fingerprint density at radius 2 is 1.89 bits per heavy atom. The van der Waals surface area contributed by atoms with E-state index < -0.39 is 0 Å². The van der Waals surface area contributed by atoms with E-state index in [0.717, 1.165) is 11.1 Å². The molecule has 5 heteroatoms. The molecule has 1 aromatic carbocycles. The Labute approximate surface area is 113 Å². The molecular formula is C14H21N3O2. The maximum absolute atomic E-state index is 12.3. The van der Waals surface area contributed by atoms with Crippen LogP contribution in [0.3, 0.4) is 0 Å². The first-order valence-corrected chi connectivity index (χ1v) is 6.16. The first kappa shape index (κ1) is 15.0. The molecule has 104 valence electrons. The van der Waals surface area contributed by atoms with E-state index in [1.807, 2.05) is 32.0 Å². The minimum absolute atomic E-state index is 0.0654. The summed E-state index contributed by atoms with van der Waals surface area (Å²) in [6, 6.07) is 5.75. The Balaban J connectivity index is 2.82. The number of amidine groups is 1. The van der Waals surface area contributed by atoms with Crippen LogP contribution in [-0.4, -0.2) is 35.4 Å². The van der Waals surface area contributed by atoms with E-state index in [4.69, 9.17) is 10.9 Å². The fraction of sp³-hybridized carbons (Fsp3) is 0.429. The van der Waals surface area contributed by atoms with Gasteiger partial charge in [0.05, 0.1) is 0 Å². The van der Waals surface area contributed by atoms with Crippen LogP contribution in [0.25, 0.3) is 0 Å². The highest BCUT2D eigenvalue weighted by molar-refractivity contribution is 5.94. The highest BCUT2D eigenvalue weighted by atomic mass is 16.4. The number of oxime groups is 1. The molecule has 0 saturated carbocycles. The lowest BCUT2D eigenvalue weighted by atomic mass is 10.1. The predicted octanol–water partition coefficient (Wildman–Crippen LogP) is 1.76. The Kier molecular flexibility index (Phi) is 4.92. The second kappa shape index (κ2) is 6.22. The number of hydrogen-bond donors (Lipinski definition) is 2. The van der Waals surface area contributed by atoms with Gasteiger partial charge in [-0.05, 0) is 26.0 Å². The minimum atomic E-state index is -0.190. The van der Waals surface area contributed by atoms with E-state index in [0.29, 0.717) is 12.1 Å². The molecule has 0 aromatic heterocycles. The normalized spacial score (nSPS) is 13.2. The molecule has 0 aliphatic carbocycles. The van der Waals surface area contributed by atoms with Crippen molar-refractivity contribution in [3.63, 3.8) is 0 Å². The van der Waals surface area contributed by atoms with Crippen LogP contribution >= 0.6 is 0 Å². The number of benzene rings is 1. The van der Waals surface area contributed by atoms with Gasteiger partial charge in [0.1, 0.15) is 5.84 Å². The van der Waals surface area contributed by atoms with Gasteiger partial charge in [0.2, 0.25) is 0 Å². The molecule has 1 rings (SSSR count). The summed E-state index contributed by atoms with van der Waals surface area (Å²) in [5.74, 6) is -0.130. The van der Waals surface area contributed by atoms with Gasteiger partial charge >= 0.3 is 0 Å². The summed E-state index contributed by atoms with van der Waals surface area (Å²) in [4.78, 5) is 13.9. The number of aryl methyl sites for hydroxylation is 2. The maximum Gasteiger partial charge on any atom is 0.253 e. The van der Waals surface area contributed by atoms with Gasteiger partial charge in [-0.3, -0.25) is 4.79 Å². The molecule has 0 fully saturated rings. The van der Waals surface area contributed by atoms with Crippen LogP contribution in [-0.2, 0) is 0 Å². The Morgan fingerprint density at radius 1 is 1.37 bits per heavy atom. The lowest BCUT2D eigenvalue weighted by molar-refractivity contribution is 0.0786. The van der Waals surface area contributed by atoms with Crippen molar-refractivity contribution in [2.24, 2.45) is 16.8 Å². The first-order chi connectivity index (χ1) is 8.85. The van der Waals surface area contributed by atoms with Gasteiger partial charge in [0.25, 0.3) is 5.91 Å². The van der Waals surface area contributed by atoms with Gasteiger partial charge in [-0.2, -0.15) is 0 Å². The van der Waals surface area contributed by atoms with Gasteiger partial charge in [0, 0.05) is 25.1 Å². The molecule has 1 amide bonds. The van der Waals surface area contributed by atoms with Gasteiger partial charge in [-0.1, -0.05) is 29.3 Å². The summed E-state index contributed by atoms with van der Waals surface area (Å²) in [6.45, 7) is 6.13. The van der Waals surface area contributed by atoms with Crippen LogP contribution in [0.15, 0.2) is 23.4 Å². The lowest BCUT2D eigenvalue weighted by Gasteiger charge is -2.21. The molecular weight excluding hydrogens is 242 g/mol. The third-order valence-electron chi connectivity index (χ3n) is 2.98. The van der Waals surface area contributed by atoms with Crippen LogP contribution in [0.5, 0.6) is 0 Å². The fourth-order valence-electron chi connectivity index (χ4n) is 2.00. The van der Waals surface area contributed by atoms with Gasteiger partial charge < -0.3 is 15.8 Å². The van der Waals surface area contributed by atoms with Crippen molar-refractivity contribution in [1.29, 1.82) is 0 Å². The Morgan fingerprint density at radius 3 is 2.37 bits per heavy atom. The zero-order valence-corrected chi connectivity index (χ0v) is 11.8. The van der Waals surface area contributed by atoms with E-state index in [1.165, 1.54) is 0 Å². The molecule has 0 spiro atoms. The standard InChI is InChI=1S/C14H21N3O2/c1-9-5-10(2)7-12(6-9)14(18)17(4)8-11(3)13(15)16-19/h5-7,11,19H,8H2,1-4H3,(H2,15,16). The molecule has 0 saturated heterocycles. The van der Waals surface area contributed by atoms with Crippen molar-refractivity contribution in [1.82, 2.24) is 4.90 Å². The van der Waals surface area contributed by atoms with Crippen molar-refractivity contribution in [2.75, 3.05) is 13.6 Å². The zero-order chi connectivity index (χ0) is 14.6. The van der Waals surface area contributed by atoms with Crippen LogP contribution < -0.4 is 5.73 Å². The van der Waals surface area contributed by atoms with E-state index in [2.05, 4.69) is 5.16 Å². The summed E-state index contributed by atoms with van der Waals surface area (Å²) in [7, 11) is 1.71. The van der Waals surface area contributed by atoms with Gasteiger partial charge in [-0.25, -0.2) is 0 Å². The maximum atomic E-state index is 12.3. The van der Waals surface area contributed by atoms with Gasteiger partial charge in [-0.15, -0.1) is 0 Å². The third-order valence-corrected chi connectivity index (χ3v) is 2.98. The van der Waals surface area contributed by atoms with Gasteiger partial charge in [0.15, 0.2) is 0 Å². The second-order valence-corrected chi connectivity index (χ2v) is 4.99. The fourth-order valence-corrected chi connectivity index (χ4v) is 2.00. The van der Waals surface area contributed by atoms with E-state index in [1.54, 1.807) is 18.9 Å². The quantitative estimate of drug-likeness (QED) is 0.376. The van der Waals surface area contributed by atoms with E-state index >= 15 is 0 Å². The summed E-state index contributed by atoms with van der Waals surface area (Å²) in [6.07, 6.45) is 0. The molecule has 1 aromatic rings. The molecule has 3 N–H and O–H groups in total. The summed E-state index contributed by atoms with van der Waals surface area (Å²) >= 11 is 0. The van der Waals surface area contributed by atoms with Crippen molar-refractivity contribution in [2.45, 2.75) is 20.8 Å². The second-order valence-electron chi connectivity index (χ2n) is 4.99. The molecule has 0 radical (unpaired) electrons. The average molecular weight is 263 g/mol.